The number of unbranched alkanes of at least 4 members (excludes halogenated alkanes) is 2. The van der Waals surface area contributed by atoms with Gasteiger partial charge in [-0.25, -0.2) is 4.98 Å². The summed E-state index contributed by atoms with van der Waals surface area (Å²) in [6.45, 7) is 2.84. The van der Waals surface area contributed by atoms with Crippen molar-refractivity contribution in [1.82, 2.24) is 9.88 Å². The third kappa shape index (κ3) is 5.40. The average molecular weight is 448 g/mol. The molecule has 1 saturated carbocycles. The number of fused-ring (bicyclic) bond motifs is 1. The van der Waals surface area contributed by atoms with E-state index in [-0.39, 0.29) is 0 Å². The molecule has 2 aliphatic heterocycles. The standard InChI is InChI=1S/C28H37N3O2/c32-28(33)26(25-11-5-4-10-24(25)21-12-13-21)31-18-16-20(19-31)7-2-1-3-9-23-15-14-22-8-6-17-29-27(22)30-23/h4-5,10-11,14-15,20-21,26H,1-3,6-9,12-13,16-19H2,(H,29,30)(H,32,33). The van der Waals surface area contributed by atoms with E-state index < -0.39 is 12.0 Å². The van der Waals surface area contributed by atoms with E-state index in [1.807, 2.05) is 12.1 Å². The summed E-state index contributed by atoms with van der Waals surface area (Å²) < 4.78 is 0. The topological polar surface area (TPSA) is 65.5 Å². The van der Waals surface area contributed by atoms with Gasteiger partial charge >= 0.3 is 5.97 Å². The Morgan fingerprint density at radius 1 is 1.12 bits per heavy atom. The van der Waals surface area contributed by atoms with E-state index in [1.165, 1.54) is 61.8 Å². The van der Waals surface area contributed by atoms with Crippen LogP contribution in [0, 0.1) is 5.92 Å². The lowest BCUT2D eigenvalue weighted by molar-refractivity contribution is -0.143. The van der Waals surface area contributed by atoms with Crippen molar-refractivity contribution in [2.45, 2.75) is 76.2 Å². The Balaban J connectivity index is 1.08. The van der Waals surface area contributed by atoms with Crippen molar-refractivity contribution in [3.05, 3.63) is 58.8 Å². The van der Waals surface area contributed by atoms with Gasteiger partial charge in [-0.05, 0) is 92.5 Å². The number of nitrogens with zero attached hydrogens (tertiary/aromatic N) is 2. The van der Waals surface area contributed by atoms with Crippen LogP contribution in [0.1, 0.15) is 85.7 Å². The molecule has 0 amide bonds. The molecule has 1 aromatic heterocycles. The van der Waals surface area contributed by atoms with Crippen LogP contribution in [0.2, 0.25) is 0 Å². The van der Waals surface area contributed by atoms with Crippen molar-refractivity contribution in [2.24, 2.45) is 5.92 Å². The third-order valence-electron chi connectivity index (χ3n) is 7.72. The van der Waals surface area contributed by atoms with Crippen LogP contribution in [0.3, 0.4) is 0 Å². The second-order valence-corrected chi connectivity index (χ2v) is 10.2. The first kappa shape index (κ1) is 22.4. The fourth-order valence-electron chi connectivity index (χ4n) is 5.77. The molecule has 2 fully saturated rings. The summed E-state index contributed by atoms with van der Waals surface area (Å²) in [4.78, 5) is 19.3. The molecule has 1 aliphatic carbocycles. The van der Waals surface area contributed by atoms with Crippen molar-refractivity contribution in [3.8, 4) is 0 Å². The lowest BCUT2D eigenvalue weighted by Crippen LogP contribution is -2.33. The first-order chi connectivity index (χ1) is 16.2. The maximum Gasteiger partial charge on any atom is 0.325 e. The summed E-state index contributed by atoms with van der Waals surface area (Å²) in [7, 11) is 0. The lowest BCUT2D eigenvalue weighted by Gasteiger charge is -2.26. The van der Waals surface area contributed by atoms with Gasteiger partial charge < -0.3 is 10.4 Å². The zero-order valence-electron chi connectivity index (χ0n) is 19.6. The number of benzene rings is 1. The Bertz CT molecular complexity index is 971. The molecule has 2 N–H and O–H groups in total. The van der Waals surface area contributed by atoms with Gasteiger partial charge in [0.1, 0.15) is 11.9 Å². The Labute approximate surface area is 197 Å². The number of carboxylic acid groups (broad SMARTS) is 1. The molecule has 0 spiro atoms. The fraction of sp³-hybridized carbons (Fsp3) is 0.571. The highest BCUT2D eigenvalue weighted by atomic mass is 16.4. The van der Waals surface area contributed by atoms with Gasteiger partial charge in [0.15, 0.2) is 0 Å². The molecule has 1 saturated heterocycles. The van der Waals surface area contributed by atoms with E-state index in [2.05, 4.69) is 34.5 Å². The van der Waals surface area contributed by atoms with Crippen LogP contribution in [-0.4, -0.2) is 40.6 Å². The molecule has 33 heavy (non-hydrogen) atoms. The van der Waals surface area contributed by atoms with Gasteiger partial charge in [-0.15, -0.1) is 0 Å². The minimum Gasteiger partial charge on any atom is -0.480 e. The summed E-state index contributed by atoms with van der Waals surface area (Å²) in [6, 6.07) is 12.2. The normalized spacial score (nSPS) is 21.4. The monoisotopic (exact) mass is 447 g/mol. The highest BCUT2D eigenvalue weighted by molar-refractivity contribution is 5.76. The number of rotatable bonds is 10. The molecule has 5 heteroatoms. The average Bonchev–Trinajstić information content (AvgIpc) is 3.58. The smallest absolute Gasteiger partial charge is 0.325 e. The van der Waals surface area contributed by atoms with Crippen LogP contribution < -0.4 is 5.32 Å². The van der Waals surface area contributed by atoms with Gasteiger partial charge in [0, 0.05) is 18.8 Å². The number of pyridine rings is 1. The first-order valence-corrected chi connectivity index (χ1v) is 13.0. The van der Waals surface area contributed by atoms with Gasteiger partial charge in [0.2, 0.25) is 0 Å². The third-order valence-corrected chi connectivity index (χ3v) is 7.72. The largest absolute Gasteiger partial charge is 0.480 e. The Hall–Kier alpha value is -2.40. The molecular formula is C28H37N3O2. The molecule has 2 aromatic rings. The van der Waals surface area contributed by atoms with Crippen LogP contribution in [0.4, 0.5) is 5.82 Å². The number of aryl methyl sites for hydroxylation is 2. The van der Waals surface area contributed by atoms with Gasteiger partial charge in [-0.1, -0.05) is 43.2 Å². The van der Waals surface area contributed by atoms with Gasteiger partial charge in [0.25, 0.3) is 0 Å². The Morgan fingerprint density at radius 2 is 2.00 bits per heavy atom. The van der Waals surface area contributed by atoms with E-state index in [0.29, 0.717) is 11.8 Å². The van der Waals surface area contributed by atoms with E-state index >= 15 is 0 Å². The zero-order valence-corrected chi connectivity index (χ0v) is 19.6. The van der Waals surface area contributed by atoms with Crippen LogP contribution >= 0.6 is 0 Å². The Morgan fingerprint density at radius 3 is 2.85 bits per heavy atom. The first-order valence-electron chi connectivity index (χ1n) is 13.0. The predicted octanol–water partition coefficient (Wildman–Crippen LogP) is 5.57. The van der Waals surface area contributed by atoms with E-state index in [1.54, 1.807) is 0 Å². The van der Waals surface area contributed by atoms with Crippen LogP contribution in [-0.2, 0) is 17.6 Å². The molecule has 3 heterocycles. The second kappa shape index (κ2) is 10.3. The summed E-state index contributed by atoms with van der Waals surface area (Å²) in [6.07, 6.45) is 11.7. The molecule has 2 atom stereocenters. The van der Waals surface area contributed by atoms with Gasteiger partial charge in [-0.2, -0.15) is 0 Å². The number of anilines is 1. The number of hydrogen-bond acceptors (Lipinski definition) is 4. The molecular weight excluding hydrogens is 410 g/mol. The van der Waals surface area contributed by atoms with Crippen molar-refractivity contribution >= 4 is 11.8 Å². The van der Waals surface area contributed by atoms with E-state index in [0.717, 1.165) is 50.3 Å². The Kier molecular flexibility index (Phi) is 6.96. The molecule has 0 bridgehead atoms. The SMILES string of the molecule is O=C(O)C(c1ccccc1C1CC1)N1CCC(CCCCCc2ccc3c(n2)NCCC3)C1. The maximum atomic E-state index is 12.3. The molecule has 5 rings (SSSR count). The summed E-state index contributed by atoms with van der Waals surface area (Å²) in [5.74, 6) is 1.59. The minimum atomic E-state index is -0.698. The highest BCUT2D eigenvalue weighted by Crippen LogP contribution is 2.44. The molecule has 1 aromatic carbocycles. The number of aliphatic carboxylic acids is 1. The highest BCUT2D eigenvalue weighted by Gasteiger charge is 2.37. The fourth-order valence-corrected chi connectivity index (χ4v) is 5.77. The van der Waals surface area contributed by atoms with Gasteiger partial charge in [0.05, 0.1) is 0 Å². The van der Waals surface area contributed by atoms with Crippen molar-refractivity contribution in [2.75, 3.05) is 25.0 Å². The van der Waals surface area contributed by atoms with Crippen LogP contribution in [0.15, 0.2) is 36.4 Å². The molecule has 0 radical (unpaired) electrons. The van der Waals surface area contributed by atoms with E-state index in [4.69, 9.17) is 4.98 Å². The number of likely N-dealkylation sites (tertiary alicyclic amines) is 1. The second-order valence-electron chi connectivity index (χ2n) is 10.2. The molecule has 5 nitrogen and oxygen atoms in total. The van der Waals surface area contributed by atoms with Crippen LogP contribution in [0.25, 0.3) is 0 Å². The number of aromatic nitrogens is 1. The molecule has 2 unspecified atom stereocenters. The molecule has 3 aliphatic rings. The summed E-state index contributed by atoms with van der Waals surface area (Å²) in [5, 5.41) is 13.5. The maximum absolute atomic E-state index is 12.3. The predicted molar refractivity (Wildman–Crippen MR) is 132 cm³/mol. The quantitative estimate of drug-likeness (QED) is 0.466. The number of carboxylic acids is 1. The summed E-state index contributed by atoms with van der Waals surface area (Å²) >= 11 is 0. The molecule has 176 valence electrons. The number of carbonyl (C=O) groups is 1. The number of hydrogen-bond donors (Lipinski definition) is 2. The van der Waals surface area contributed by atoms with Crippen molar-refractivity contribution in [3.63, 3.8) is 0 Å². The van der Waals surface area contributed by atoms with Gasteiger partial charge in [-0.3, -0.25) is 9.69 Å². The van der Waals surface area contributed by atoms with Crippen molar-refractivity contribution in [1.29, 1.82) is 0 Å². The minimum absolute atomic E-state index is 0.490. The lowest BCUT2D eigenvalue weighted by atomic mass is 9.96. The van der Waals surface area contributed by atoms with Crippen molar-refractivity contribution < 1.29 is 9.90 Å². The number of nitrogens with one attached hydrogen (secondary N) is 1. The van der Waals surface area contributed by atoms with E-state index in [9.17, 15) is 9.90 Å². The van der Waals surface area contributed by atoms with Crippen LogP contribution in [0.5, 0.6) is 0 Å². The summed E-state index contributed by atoms with van der Waals surface area (Å²) in [5.41, 5.74) is 4.85. The zero-order chi connectivity index (χ0) is 22.6.